The van der Waals surface area contributed by atoms with E-state index in [-0.39, 0.29) is 48.9 Å². The molecule has 0 radical (unpaired) electrons. The molecule has 7 rings (SSSR count). The number of rotatable bonds is 9. The van der Waals surface area contributed by atoms with E-state index in [4.69, 9.17) is 4.74 Å². The van der Waals surface area contributed by atoms with Crippen molar-refractivity contribution in [3.8, 4) is 28.4 Å². The Hall–Kier alpha value is -5.84. The van der Waals surface area contributed by atoms with Crippen LogP contribution >= 0.6 is 0 Å². The summed E-state index contributed by atoms with van der Waals surface area (Å²) in [6.45, 7) is 21.5. The van der Waals surface area contributed by atoms with Gasteiger partial charge >= 0.3 is 21.1 Å². The van der Waals surface area contributed by atoms with Gasteiger partial charge in [-0.05, 0) is 64.1 Å². The number of allylic oxidation sites excluding steroid dienone is 4. The van der Waals surface area contributed by atoms with Crippen LogP contribution in [0, 0.1) is 24.6 Å². The molecule has 0 atom stereocenters. The van der Waals surface area contributed by atoms with Gasteiger partial charge in [-0.2, -0.15) is 6.07 Å². The Kier molecular flexibility index (Phi) is 13.2. The maximum Gasteiger partial charge on any atom is 4.00 e. The summed E-state index contributed by atoms with van der Waals surface area (Å²) in [6, 6.07) is 44.9. The summed E-state index contributed by atoms with van der Waals surface area (Å²) in [4.78, 5) is 1.93. The third kappa shape index (κ3) is 9.62. The third-order valence-corrected chi connectivity index (χ3v) is 11.0. The molecule has 0 fully saturated rings. The number of ether oxygens (including phenoxy) is 1. The summed E-state index contributed by atoms with van der Waals surface area (Å²) < 4.78 is 8.49. The van der Waals surface area contributed by atoms with Gasteiger partial charge in [0.05, 0.1) is 5.69 Å². The molecule has 0 spiro atoms. The Morgan fingerprint density at radius 3 is 2.10 bits per heavy atom. The molecule has 0 amide bonds. The normalized spacial score (nSPS) is 12.5. The molecule has 7 heteroatoms. The van der Waals surface area contributed by atoms with E-state index in [9.17, 15) is 10.5 Å². The molecular weight excluding hydrogens is 944 g/mol. The zero-order valence-electron chi connectivity index (χ0n) is 37.4. The van der Waals surface area contributed by atoms with Crippen LogP contribution in [0.1, 0.15) is 80.4 Å². The van der Waals surface area contributed by atoms with Crippen molar-refractivity contribution in [2.75, 3.05) is 10.2 Å². The maximum atomic E-state index is 11.8. The van der Waals surface area contributed by atoms with E-state index in [0.717, 1.165) is 66.9 Å². The quantitative estimate of drug-likeness (QED) is 0.0654. The second-order valence-electron chi connectivity index (χ2n) is 18.7. The zero-order chi connectivity index (χ0) is 43.9. The molecule has 62 heavy (non-hydrogen) atoms. The number of hydrogen-bond acceptors (Lipinski definition) is 4. The van der Waals surface area contributed by atoms with Crippen LogP contribution in [0.15, 0.2) is 139 Å². The molecule has 318 valence electrons. The summed E-state index contributed by atoms with van der Waals surface area (Å²) in [5.41, 5.74) is 9.10. The SMILES string of the molecule is [CH2-]N(c1ccccc1Nc1[c-]c(Oc2[c-]c3c(cc2)c2ccccc2n3C(=[N-])/C=C(\C=C/C)C(C)(C)C)cc(C(C)(C)C)c1)c1cc(C(C)(C)C)ccc1-c1ccccc1O.[Pt+4]. The number of hydrogen-bond donors (Lipinski definition) is 2. The van der Waals surface area contributed by atoms with Gasteiger partial charge in [-0.1, -0.05) is 164 Å². The van der Waals surface area contributed by atoms with Crippen LogP contribution < -0.4 is 15.0 Å². The molecule has 6 nitrogen and oxygen atoms in total. The molecule has 1 heterocycles. The van der Waals surface area contributed by atoms with Crippen molar-refractivity contribution in [2.45, 2.75) is 80.1 Å². The standard InChI is InChI=1S/C55H56N4O2.Pt/c1-12-19-36(53(2,3)4)33-52(56)59-47-23-16-13-20-42(47)43-29-27-40(35-50(43)59)61-41-31-38(55(8,9)10)30-39(34-41)57-46-22-15-17-24-48(46)58(11)49-32-37(54(5,6)7)26-28-44(49)45-21-14-18-25-51(45)60;/h12-33,57,60H,11H2,1-10H3;/q-4;+4/b19-12-,36-33+;. The number of anilines is 4. The molecule has 0 aliphatic carbocycles. The minimum Gasteiger partial charge on any atom is -0.509 e. The Morgan fingerprint density at radius 2 is 1.40 bits per heavy atom. The number of fused-ring (bicyclic) bond motifs is 3. The summed E-state index contributed by atoms with van der Waals surface area (Å²) in [7, 11) is 4.59. The average molecular weight is 1000 g/mol. The topological polar surface area (TPSA) is 72.0 Å². The molecule has 0 unspecified atom stereocenters. The maximum absolute atomic E-state index is 11.8. The van der Waals surface area contributed by atoms with Gasteiger partial charge in [0.2, 0.25) is 0 Å². The van der Waals surface area contributed by atoms with Gasteiger partial charge in [0, 0.05) is 34.0 Å². The first kappa shape index (κ1) is 45.7. The fourth-order valence-electron chi connectivity index (χ4n) is 7.53. The molecule has 6 aromatic carbocycles. The molecule has 0 saturated heterocycles. The largest absolute Gasteiger partial charge is 4.00 e. The van der Waals surface area contributed by atoms with E-state index >= 15 is 0 Å². The molecule has 0 saturated carbocycles. The van der Waals surface area contributed by atoms with Crippen LogP contribution in [0.5, 0.6) is 17.2 Å². The zero-order valence-corrected chi connectivity index (χ0v) is 39.7. The minimum atomic E-state index is -0.216. The van der Waals surface area contributed by atoms with Gasteiger partial charge < -0.3 is 30.0 Å². The molecule has 0 aliphatic heterocycles. The molecular formula is C55H56N4O2Pt. The van der Waals surface area contributed by atoms with Gasteiger partial charge in [-0.25, -0.2) is 0 Å². The van der Waals surface area contributed by atoms with Crippen LogP contribution in [0.2, 0.25) is 0 Å². The first-order chi connectivity index (χ1) is 28.8. The number of aromatic hydroxyl groups is 1. The van der Waals surface area contributed by atoms with Crippen molar-refractivity contribution in [3.63, 3.8) is 0 Å². The smallest absolute Gasteiger partial charge is 0.509 e. The van der Waals surface area contributed by atoms with Gasteiger partial charge in [0.15, 0.2) is 0 Å². The van der Waals surface area contributed by atoms with Gasteiger partial charge in [-0.15, -0.1) is 46.8 Å². The van der Waals surface area contributed by atoms with Crippen LogP contribution in [0.4, 0.5) is 22.7 Å². The van der Waals surface area contributed by atoms with Gasteiger partial charge in [0.1, 0.15) is 5.75 Å². The Morgan fingerprint density at radius 1 is 0.726 bits per heavy atom. The van der Waals surface area contributed by atoms with E-state index in [1.165, 1.54) is 0 Å². The van der Waals surface area contributed by atoms with Crippen molar-refractivity contribution in [1.29, 1.82) is 0 Å². The predicted molar refractivity (Wildman–Crippen MR) is 258 cm³/mol. The number of aromatic nitrogens is 1. The van der Waals surface area contributed by atoms with Gasteiger partial charge in [0.25, 0.3) is 0 Å². The van der Waals surface area contributed by atoms with E-state index in [1.807, 2.05) is 113 Å². The van der Waals surface area contributed by atoms with Crippen molar-refractivity contribution in [1.82, 2.24) is 4.57 Å². The number of nitrogens with one attached hydrogen (secondary N) is 1. The van der Waals surface area contributed by atoms with Crippen LogP contribution in [-0.4, -0.2) is 15.5 Å². The number of phenols is 1. The van der Waals surface area contributed by atoms with E-state index < -0.39 is 0 Å². The van der Waals surface area contributed by atoms with Crippen molar-refractivity contribution < 1.29 is 30.9 Å². The molecule has 0 bridgehead atoms. The van der Waals surface area contributed by atoms with Crippen LogP contribution in [-0.2, 0) is 31.9 Å². The monoisotopic (exact) mass is 999 g/mol. The second kappa shape index (κ2) is 17.9. The third-order valence-electron chi connectivity index (χ3n) is 11.0. The van der Waals surface area contributed by atoms with Gasteiger partial charge in [-0.3, -0.25) is 7.05 Å². The predicted octanol–water partition coefficient (Wildman–Crippen LogP) is 15.2. The number of benzene rings is 6. The number of nitrogens with zero attached hydrogens (tertiary/aromatic N) is 3. The van der Waals surface area contributed by atoms with Crippen LogP contribution in [0.25, 0.3) is 38.3 Å². The fraction of sp³-hybridized carbons (Fsp3) is 0.236. The Bertz CT molecular complexity index is 2830. The van der Waals surface area contributed by atoms with Crippen molar-refractivity contribution in [2.24, 2.45) is 5.41 Å². The number of phenolic OH excluding ortho intramolecular Hbond substituents is 1. The first-order valence-corrected chi connectivity index (χ1v) is 20.9. The minimum absolute atomic E-state index is 0. The van der Waals surface area contributed by atoms with Crippen molar-refractivity contribution >= 4 is 50.4 Å². The molecule has 1 aromatic heterocycles. The first-order valence-electron chi connectivity index (χ1n) is 20.9. The van der Waals surface area contributed by atoms with E-state index in [0.29, 0.717) is 17.0 Å². The van der Waals surface area contributed by atoms with Crippen molar-refractivity contribution in [3.05, 3.63) is 175 Å². The summed E-state index contributed by atoms with van der Waals surface area (Å²) >= 11 is 0. The fourth-order valence-corrected chi connectivity index (χ4v) is 7.53. The van der Waals surface area contributed by atoms with E-state index in [1.54, 1.807) is 6.07 Å². The Labute approximate surface area is 382 Å². The summed E-state index contributed by atoms with van der Waals surface area (Å²) in [5, 5.41) is 28.4. The summed E-state index contributed by atoms with van der Waals surface area (Å²) in [5.74, 6) is 1.32. The summed E-state index contributed by atoms with van der Waals surface area (Å²) in [6.07, 6.45) is 5.87. The number of para-hydroxylation sites is 4. The molecule has 0 aliphatic rings. The van der Waals surface area contributed by atoms with E-state index in [2.05, 4.69) is 117 Å². The second-order valence-corrected chi connectivity index (χ2v) is 18.7. The average Bonchev–Trinajstić information content (AvgIpc) is 3.53. The molecule has 7 aromatic rings. The Balaban J connectivity index is 0.00000641. The molecule has 2 N–H and O–H groups in total. The van der Waals surface area contributed by atoms with Crippen LogP contribution in [0.3, 0.4) is 0 Å².